The summed E-state index contributed by atoms with van der Waals surface area (Å²) < 4.78 is 33.4. The summed E-state index contributed by atoms with van der Waals surface area (Å²) in [6, 6.07) is 5.84. The van der Waals surface area contributed by atoms with Crippen molar-refractivity contribution < 1.29 is 18.3 Å². The maximum absolute atomic E-state index is 14.1. The second-order valence-electron chi connectivity index (χ2n) is 5.55. The molecule has 1 aliphatic rings. The van der Waals surface area contributed by atoms with Crippen molar-refractivity contribution in [2.45, 2.75) is 25.9 Å². The fourth-order valence-electron chi connectivity index (χ4n) is 2.69. The molecule has 0 saturated carbocycles. The van der Waals surface area contributed by atoms with Crippen molar-refractivity contribution in [1.29, 1.82) is 0 Å². The van der Waals surface area contributed by atoms with Crippen LogP contribution in [0.4, 0.5) is 8.78 Å². The maximum atomic E-state index is 14.1. The monoisotopic (exact) mass is 333 g/mol. The molecule has 0 N–H and O–H groups in total. The highest BCUT2D eigenvalue weighted by Crippen LogP contribution is 2.22. The van der Waals surface area contributed by atoms with E-state index >= 15 is 0 Å². The summed E-state index contributed by atoms with van der Waals surface area (Å²) in [6.45, 7) is 2.48. The Morgan fingerprint density at radius 3 is 2.88 bits per heavy atom. The number of hydrogen-bond acceptors (Lipinski definition) is 4. The van der Waals surface area contributed by atoms with Crippen LogP contribution >= 0.6 is 0 Å². The third-order valence-electron chi connectivity index (χ3n) is 3.98. The zero-order chi connectivity index (χ0) is 17.1. The van der Waals surface area contributed by atoms with Crippen molar-refractivity contribution in [3.63, 3.8) is 0 Å². The standard InChI is InChI=1S/C17H17F2N3O2/c1-2-14-15(19)16(21-10-20-14)24-11-7-8-22(9-11)17(23)12-5-3-4-6-13(12)18/h3-6,10-11H,2,7-9H2,1H3/t11-/m0/s1. The molecule has 0 aliphatic carbocycles. The first-order valence-electron chi connectivity index (χ1n) is 7.80. The van der Waals surface area contributed by atoms with Crippen LogP contribution in [-0.2, 0) is 6.42 Å². The largest absolute Gasteiger partial charge is 0.470 e. The van der Waals surface area contributed by atoms with E-state index in [9.17, 15) is 13.6 Å². The van der Waals surface area contributed by atoms with Crippen LogP contribution in [0.25, 0.3) is 0 Å². The molecule has 1 saturated heterocycles. The number of ether oxygens (including phenoxy) is 1. The summed E-state index contributed by atoms with van der Waals surface area (Å²) in [5, 5.41) is 0. The number of benzene rings is 1. The van der Waals surface area contributed by atoms with Gasteiger partial charge in [0.2, 0.25) is 5.82 Å². The Bertz CT molecular complexity index is 754. The number of aromatic nitrogens is 2. The fraction of sp³-hybridized carbons (Fsp3) is 0.353. The van der Waals surface area contributed by atoms with E-state index in [0.29, 0.717) is 19.4 Å². The van der Waals surface area contributed by atoms with Gasteiger partial charge in [-0.2, -0.15) is 9.37 Å². The Kier molecular flexibility index (Phi) is 4.69. The number of halogens is 2. The van der Waals surface area contributed by atoms with Gasteiger partial charge in [-0.15, -0.1) is 0 Å². The first kappa shape index (κ1) is 16.3. The van der Waals surface area contributed by atoms with Crippen molar-refractivity contribution in [2.24, 2.45) is 0 Å². The van der Waals surface area contributed by atoms with Gasteiger partial charge in [-0.3, -0.25) is 4.79 Å². The van der Waals surface area contributed by atoms with E-state index in [-0.39, 0.29) is 29.8 Å². The fourth-order valence-corrected chi connectivity index (χ4v) is 2.69. The van der Waals surface area contributed by atoms with Crippen LogP contribution in [0.1, 0.15) is 29.4 Å². The summed E-state index contributed by atoms with van der Waals surface area (Å²) in [5.41, 5.74) is 0.317. The van der Waals surface area contributed by atoms with Crippen molar-refractivity contribution in [3.05, 3.63) is 53.5 Å². The zero-order valence-electron chi connectivity index (χ0n) is 13.2. The lowest BCUT2D eigenvalue weighted by molar-refractivity contribution is 0.0765. The topological polar surface area (TPSA) is 55.3 Å². The van der Waals surface area contributed by atoms with Crippen molar-refractivity contribution >= 4 is 5.91 Å². The van der Waals surface area contributed by atoms with Gasteiger partial charge in [0.15, 0.2) is 0 Å². The molecule has 1 aliphatic heterocycles. The molecule has 0 spiro atoms. The molecule has 1 amide bonds. The van der Waals surface area contributed by atoms with Gasteiger partial charge in [-0.25, -0.2) is 9.37 Å². The third kappa shape index (κ3) is 3.20. The molecular weight excluding hydrogens is 316 g/mol. The smallest absolute Gasteiger partial charge is 0.256 e. The molecule has 0 unspecified atom stereocenters. The molecule has 126 valence electrons. The molecule has 5 nitrogen and oxygen atoms in total. The molecular formula is C17H17F2N3O2. The molecule has 2 heterocycles. The molecule has 1 aromatic carbocycles. The van der Waals surface area contributed by atoms with E-state index in [0.717, 1.165) is 0 Å². The first-order chi connectivity index (χ1) is 11.6. The van der Waals surface area contributed by atoms with E-state index in [1.54, 1.807) is 13.0 Å². The highest BCUT2D eigenvalue weighted by atomic mass is 19.1. The van der Waals surface area contributed by atoms with E-state index in [2.05, 4.69) is 9.97 Å². The van der Waals surface area contributed by atoms with Crippen LogP contribution in [0.2, 0.25) is 0 Å². The highest BCUT2D eigenvalue weighted by Gasteiger charge is 2.30. The highest BCUT2D eigenvalue weighted by molar-refractivity contribution is 5.94. The van der Waals surface area contributed by atoms with Gasteiger partial charge in [-0.05, 0) is 18.6 Å². The predicted molar refractivity (Wildman–Crippen MR) is 82.7 cm³/mol. The number of carbonyl (C=O) groups excluding carboxylic acids is 1. The Morgan fingerprint density at radius 1 is 1.33 bits per heavy atom. The van der Waals surface area contributed by atoms with Gasteiger partial charge in [0.25, 0.3) is 11.8 Å². The number of hydrogen-bond donors (Lipinski definition) is 0. The van der Waals surface area contributed by atoms with Crippen LogP contribution < -0.4 is 4.74 Å². The maximum Gasteiger partial charge on any atom is 0.256 e. The van der Waals surface area contributed by atoms with E-state index < -0.39 is 17.5 Å². The molecule has 0 bridgehead atoms. The molecule has 24 heavy (non-hydrogen) atoms. The number of likely N-dealkylation sites (tertiary alicyclic amines) is 1. The van der Waals surface area contributed by atoms with Gasteiger partial charge in [0, 0.05) is 13.0 Å². The summed E-state index contributed by atoms with van der Waals surface area (Å²) in [6.07, 6.45) is 1.85. The van der Waals surface area contributed by atoms with Crippen molar-refractivity contribution in [1.82, 2.24) is 14.9 Å². The Morgan fingerprint density at radius 2 is 2.12 bits per heavy atom. The second kappa shape index (κ2) is 6.90. The Labute approximate surface area is 138 Å². The number of rotatable bonds is 4. The molecule has 3 rings (SSSR count). The molecule has 1 aromatic heterocycles. The van der Waals surface area contributed by atoms with Crippen LogP contribution in [0, 0.1) is 11.6 Å². The lowest BCUT2D eigenvalue weighted by Crippen LogP contribution is -2.31. The summed E-state index contributed by atoms with van der Waals surface area (Å²) in [7, 11) is 0. The minimum atomic E-state index is -0.570. The van der Waals surface area contributed by atoms with E-state index in [4.69, 9.17) is 4.74 Å². The molecule has 1 fully saturated rings. The summed E-state index contributed by atoms with van der Waals surface area (Å²) in [4.78, 5) is 21.5. The van der Waals surface area contributed by atoms with Crippen LogP contribution in [0.5, 0.6) is 5.88 Å². The van der Waals surface area contributed by atoms with Gasteiger partial charge in [0.1, 0.15) is 18.2 Å². The van der Waals surface area contributed by atoms with Gasteiger partial charge >= 0.3 is 0 Å². The Balaban J connectivity index is 1.68. The van der Waals surface area contributed by atoms with Gasteiger partial charge in [-0.1, -0.05) is 19.1 Å². The number of amides is 1. The second-order valence-corrected chi connectivity index (χ2v) is 5.55. The summed E-state index contributed by atoms with van der Waals surface area (Å²) in [5.74, 6) is -1.62. The molecule has 2 aromatic rings. The van der Waals surface area contributed by atoms with Gasteiger partial charge in [0.05, 0.1) is 17.8 Å². The molecule has 7 heteroatoms. The van der Waals surface area contributed by atoms with Crippen LogP contribution in [0.3, 0.4) is 0 Å². The normalized spacial score (nSPS) is 17.1. The predicted octanol–water partition coefficient (Wildman–Crippen LogP) is 2.61. The van der Waals surface area contributed by atoms with Crippen molar-refractivity contribution in [3.8, 4) is 5.88 Å². The summed E-state index contributed by atoms with van der Waals surface area (Å²) >= 11 is 0. The average Bonchev–Trinajstić information content (AvgIpc) is 3.05. The number of nitrogens with zero attached hydrogens (tertiary/aromatic N) is 3. The number of carbonyl (C=O) groups is 1. The van der Waals surface area contributed by atoms with E-state index in [1.165, 1.54) is 29.4 Å². The zero-order valence-corrected chi connectivity index (χ0v) is 13.2. The number of aryl methyl sites for hydroxylation is 1. The van der Waals surface area contributed by atoms with Crippen LogP contribution in [0.15, 0.2) is 30.6 Å². The van der Waals surface area contributed by atoms with E-state index in [1.807, 2.05) is 0 Å². The minimum absolute atomic E-state index is 0.0274. The lowest BCUT2D eigenvalue weighted by atomic mass is 10.2. The van der Waals surface area contributed by atoms with Crippen molar-refractivity contribution in [2.75, 3.05) is 13.1 Å². The minimum Gasteiger partial charge on any atom is -0.470 e. The van der Waals surface area contributed by atoms with Gasteiger partial charge < -0.3 is 9.64 Å². The molecule has 1 atom stereocenters. The SMILES string of the molecule is CCc1ncnc(O[C@H]2CCN(C(=O)c3ccccc3F)C2)c1F. The Hall–Kier alpha value is -2.57. The lowest BCUT2D eigenvalue weighted by Gasteiger charge is -2.17. The molecule has 0 radical (unpaired) electrons. The average molecular weight is 333 g/mol. The third-order valence-corrected chi connectivity index (χ3v) is 3.98. The first-order valence-corrected chi connectivity index (χ1v) is 7.80. The van der Waals surface area contributed by atoms with Crippen LogP contribution in [-0.4, -0.2) is 40.0 Å². The quantitative estimate of drug-likeness (QED) is 0.863.